The van der Waals surface area contributed by atoms with Gasteiger partial charge in [-0.2, -0.15) is 5.10 Å². The van der Waals surface area contributed by atoms with Crippen LogP contribution in [0.1, 0.15) is 21.5 Å². The standard InChI is InChI=1S/C15H15N3S/c1-11-7-8-14(19-11)15(16)13-9-10-18(17-13)12-5-3-2-4-6-12/h2-10,15H,16H2,1H3. The minimum atomic E-state index is -0.149. The Balaban J connectivity index is 1.89. The maximum Gasteiger partial charge on any atom is 0.0849 e. The normalized spacial score (nSPS) is 12.5. The number of hydrogen-bond acceptors (Lipinski definition) is 3. The molecule has 0 aliphatic heterocycles. The van der Waals surface area contributed by atoms with Gasteiger partial charge in [-0.3, -0.25) is 0 Å². The van der Waals surface area contributed by atoms with Crippen LogP contribution in [0.15, 0.2) is 54.7 Å². The molecule has 3 nitrogen and oxygen atoms in total. The van der Waals surface area contributed by atoms with Crippen molar-refractivity contribution < 1.29 is 0 Å². The third kappa shape index (κ3) is 2.45. The highest BCUT2D eigenvalue weighted by Gasteiger charge is 2.14. The van der Waals surface area contributed by atoms with Crippen molar-refractivity contribution in [1.82, 2.24) is 9.78 Å². The highest BCUT2D eigenvalue weighted by molar-refractivity contribution is 7.12. The molecule has 0 fully saturated rings. The lowest BCUT2D eigenvalue weighted by Crippen LogP contribution is -2.11. The van der Waals surface area contributed by atoms with E-state index in [2.05, 4.69) is 24.2 Å². The van der Waals surface area contributed by atoms with Crippen LogP contribution in [0.3, 0.4) is 0 Å². The molecule has 96 valence electrons. The van der Waals surface area contributed by atoms with E-state index in [4.69, 9.17) is 5.73 Å². The van der Waals surface area contributed by atoms with Crippen LogP contribution in [-0.4, -0.2) is 9.78 Å². The molecule has 2 heterocycles. The summed E-state index contributed by atoms with van der Waals surface area (Å²) >= 11 is 1.72. The summed E-state index contributed by atoms with van der Waals surface area (Å²) in [6, 6.07) is 16.0. The molecular formula is C15H15N3S. The Hall–Kier alpha value is -1.91. The first kappa shape index (κ1) is 12.1. The lowest BCUT2D eigenvalue weighted by atomic mass is 10.2. The molecule has 1 aromatic carbocycles. The van der Waals surface area contributed by atoms with Crippen molar-refractivity contribution in [3.05, 3.63) is 70.2 Å². The molecular weight excluding hydrogens is 254 g/mol. The van der Waals surface area contributed by atoms with Crippen molar-refractivity contribution in [3.63, 3.8) is 0 Å². The number of nitrogens with two attached hydrogens (primary N) is 1. The Morgan fingerprint density at radius 2 is 1.89 bits per heavy atom. The summed E-state index contributed by atoms with van der Waals surface area (Å²) < 4.78 is 1.86. The zero-order valence-corrected chi connectivity index (χ0v) is 11.5. The molecule has 3 rings (SSSR count). The maximum atomic E-state index is 6.26. The molecule has 1 unspecified atom stereocenters. The quantitative estimate of drug-likeness (QED) is 0.793. The molecule has 0 saturated carbocycles. The summed E-state index contributed by atoms with van der Waals surface area (Å²) in [5, 5.41) is 4.56. The fraction of sp³-hybridized carbons (Fsp3) is 0.133. The Morgan fingerprint density at radius 3 is 2.58 bits per heavy atom. The van der Waals surface area contributed by atoms with Gasteiger partial charge in [0.25, 0.3) is 0 Å². The minimum absolute atomic E-state index is 0.149. The van der Waals surface area contributed by atoms with Crippen LogP contribution in [0, 0.1) is 6.92 Å². The zero-order valence-electron chi connectivity index (χ0n) is 10.7. The molecule has 2 aromatic heterocycles. The molecule has 0 bridgehead atoms. The molecule has 2 N–H and O–H groups in total. The Bertz CT molecular complexity index is 670. The first-order valence-corrected chi connectivity index (χ1v) is 6.98. The van der Waals surface area contributed by atoms with Crippen LogP contribution >= 0.6 is 11.3 Å². The monoisotopic (exact) mass is 269 g/mol. The highest BCUT2D eigenvalue weighted by atomic mass is 32.1. The molecule has 0 aliphatic rings. The third-order valence-corrected chi connectivity index (χ3v) is 4.10. The largest absolute Gasteiger partial charge is 0.318 e. The second kappa shape index (κ2) is 4.99. The van der Waals surface area contributed by atoms with Crippen LogP contribution in [0.2, 0.25) is 0 Å². The number of nitrogens with zero attached hydrogens (tertiary/aromatic N) is 2. The van der Waals surface area contributed by atoms with Gasteiger partial charge < -0.3 is 5.73 Å². The number of para-hydroxylation sites is 1. The zero-order chi connectivity index (χ0) is 13.2. The van der Waals surface area contributed by atoms with Crippen LogP contribution in [0.25, 0.3) is 5.69 Å². The van der Waals surface area contributed by atoms with Crippen LogP contribution in [0.5, 0.6) is 0 Å². The molecule has 0 aliphatic carbocycles. The second-order valence-electron chi connectivity index (χ2n) is 4.45. The average molecular weight is 269 g/mol. The average Bonchev–Trinajstić information content (AvgIpc) is 3.08. The minimum Gasteiger partial charge on any atom is -0.318 e. The number of benzene rings is 1. The lowest BCUT2D eigenvalue weighted by molar-refractivity contribution is 0.782. The smallest absolute Gasteiger partial charge is 0.0849 e. The van der Waals surface area contributed by atoms with Crippen LogP contribution in [0.4, 0.5) is 0 Å². The van der Waals surface area contributed by atoms with Gasteiger partial charge in [0.15, 0.2) is 0 Å². The molecule has 0 amide bonds. The topological polar surface area (TPSA) is 43.8 Å². The summed E-state index contributed by atoms with van der Waals surface area (Å²) in [7, 11) is 0. The van der Waals surface area contributed by atoms with Gasteiger partial charge in [0.2, 0.25) is 0 Å². The van der Waals surface area contributed by atoms with Gasteiger partial charge in [-0.15, -0.1) is 11.3 Å². The summed E-state index contributed by atoms with van der Waals surface area (Å²) in [5.74, 6) is 0. The first-order valence-electron chi connectivity index (χ1n) is 6.17. The molecule has 0 saturated heterocycles. The molecule has 1 atom stereocenters. The van der Waals surface area contributed by atoms with Crippen molar-refractivity contribution in [2.24, 2.45) is 5.73 Å². The lowest BCUT2D eigenvalue weighted by Gasteiger charge is -2.06. The van der Waals surface area contributed by atoms with Gasteiger partial charge in [0.05, 0.1) is 17.4 Å². The fourth-order valence-corrected chi connectivity index (χ4v) is 2.89. The van der Waals surface area contributed by atoms with Gasteiger partial charge in [-0.1, -0.05) is 18.2 Å². The van der Waals surface area contributed by atoms with Crippen LogP contribution < -0.4 is 5.73 Å². The molecule has 0 spiro atoms. The molecule has 19 heavy (non-hydrogen) atoms. The number of thiophene rings is 1. The predicted molar refractivity (Wildman–Crippen MR) is 78.7 cm³/mol. The van der Waals surface area contributed by atoms with Crippen molar-refractivity contribution >= 4 is 11.3 Å². The van der Waals surface area contributed by atoms with E-state index in [0.717, 1.165) is 16.3 Å². The number of aryl methyl sites for hydroxylation is 1. The van der Waals surface area contributed by atoms with E-state index < -0.39 is 0 Å². The van der Waals surface area contributed by atoms with E-state index in [9.17, 15) is 0 Å². The molecule has 4 heteroatoms. The Labute approximate surface area is 116 Å². The van der Waals surface area contributed by atoms with Crippen LogP contribution in [-0.2, 0) is 0 Å². The van der Waals surface area contributed by atoms with E-state index >= 15 is 0 Å². The SMILES string of the molecule is Cc1ccc(C(N)c2ccn(-c3ccccc3)n2)s1. The highest BCUT2D eigenvalue weighted by Crippen LogP contribution is 2.25. The van der Waals surface area contributed by atoms with Crippen molar-refractivity contribution in [3.8, 4) is 5.69 Å². The number of hydrogen-bond donors (Lipinski definition) is 1. The summed E-state index contributed by atoms with van der Waals surface area (Å²) in [6.07, 6.45) is 1.95. The first-order chi connectivity index (χ1) is 9.24. The van der Waals surface area contributed by atoms with Gasteiger partial charge in [-0.25, -0.2) is 4.68 Å². The Kier molecular flexibility index (Phi) is 3.19. The summed E-state index contributed by atoms with van der Waals surface area (Å²) in [5.41, 5.74) is 8.19. The fourth-order valence-electron chi connectivity index (χ4n) is 1.99. The van der Waals surface area contributed by atoms with E-state index in [-0.39, 0.29) is 6.04 Å². The van der Waals surface area contributed by atoms with Crippen molar-refractivity contribution in [2.75, 3.05) is 0 Å². The van der Waals surface area contributed by atoms with Gasteiger partial charge in [0, 0.05) is 16.0 Å². The van der Waals surface area contributed by atoms with E-state index in [0.29, 0.717) is 0 Å². The van der Waals surface area contributed by atoms with Gasteiger partial charge >= 0.3 is 0 Å². The number of rotatable bonds is 3. The van der Waals surface area contributed by atoms with Gasteiger partial charge in [-0.05, 0) is 37.3 Å². The second-order valence-corrected chi connectivity index (χ2v) is 5.77. The third-order valence-electron chi connectivity index (χ3n) is 3.02. The summed E-state index contributed by atoms with van der Waals surface area (Å²) in [6.45, 7) is 2.09. The van der Waals surface area contributed by atoms with Crippen molar-refractivity contribution in [2.45, 2.75) is 13.0 Å². The van der Waals surface area contributed by atoms with Gasteiger partial charge in [0.1, 0.15) is 0 Å². The predicted octanol–water partition coefficient (Wildman–Crippen LogP) is 3.29. The Morgan fingerprint density at radius 1 is 1.11 bits per heavy atom. The number of aromatic nitrogens is 2. The van der Waals surface area contributed by atoms with Crippen molar-refractivity contribution in [1.29, 1.82) is 0 Å². The molecule has 3 aromatic rings. The summed E-state index contributed by atoms with van der Waals surface area (Å²) in [4.78, 5) is 2.42. The van der Waals surface area contributed by atoms with E-state index in [1.165, 1.54) is 4.88 Å². The van der Waals surface area contributed by atoms with E-state index in [1.807, 2.05) is 47.3 Å². The molecule has 0 radical (unpaired) electrons. The maximum absolute atomic E-state index is 6.26. The van der Waals surface area contributed by atoms with E-state index in [1.54, 1.807) is 11.3 Å².